The molecule has 0 aromatic carbocycles. The highest BCUT2D eigenvalue weighted by Gasteiger charge is 2.13. The van der Waals surface area contributed by atoms with Gasteiger partial charge in [-0.3, -0.25) is 4.79 Å². The van der Waals surface area contributed by atoms with Gasteiger partial charge in [-0.2, -0.15) is 0 Å². The first-order chi connectivity index (χ1) is 9.74. The van der Waals surface area contributed by atoms with Crippen LogP contribution in [-0.2, 0) is 9.53 Å². The summed E-state index contributed by atoms with van der Waals surface area (Å²) in [6.07, 6.45) is 12.0. The van der Waals surface area contributed by atoms with Crippen molar-refractivity contribution >= 4 is 5.97 Å². The van der Waals surface area contributed by atoms with Crippen molar-refractivity contribution in [1.82, 2.24) is 5.32 Å². The summed E-state index contributed by atoms with van der Waals surface area (Å²) in [5.74, 6) is -0.0657. The highest BCUT2D eigenvalue weighted by molar-refractivity contribution is 5.70. The number of carbonyl (C=O) groups is 1. The van der Waals surface area contributed by atoms with Gasteiger partial charge >= 0.3 is 5.97 Å². The number of nitrogens with one attached hydrogen (secondary N) is 1. The Kier molecular flexibility index (Phi) is 14.4. The first kappa shape index (κ1) is 19.4. The minimum absolute atomic E-state index is 0.0657. The summed E-state index contributed by atoms with van der Waals surface area (Å²) in [6.45, 7) is 7.74. The lowest BCUT2D eigenvalue weighted by Gasteiger charge is -2.17. The summed E-state index contributed by atoms with van der Waals surface area (Å²) in [7, 11) is 0. The summed E-state index contributed by atoms with van der Waals surface area (Å²) in [5, 5.41) is 3.47. The van der Waals surface area contributed by atoms with E-state index in [0.29, 0.717) is 19.1 Å². The lowest BCUT2D eigenvalue weighted by atomic mass is 10.0. The van der Waals surface area contributed by atoms with Crippen molar-refractivity contribution in [3.8, 4) is 0 Å². The van der Waals surface area contributed by atoms with Crippen LogP contribution in [0.1, 0.15) is 85.0 Å². The van der Waals surface area contributed by atoms with Crippen molar-refractivity contribution in [2.75, 3.05) is 13.2 Å². The van der Waals surface area contributed by atoms with Crippen molar-refractivity contribution < 1.29 is 9.53 Å². The maximum Gasteiger partial charge on any atom is 0.307 e. The molecule has 1 unspecified atom stereocenters. The van der Waals surface area contributed by atoms with E-state index >= 15 is 0 Å². The summed E-state index contributed by atoms with van der Waals surface area (Å²) < 4.78 is 5.05. The second-order valence-corrected chi connectivity index (χ2v) is 5.57. The highest BCUT2D eigenvalue weighted by Crippen LogP contribution is 2.11. The maximum atomic E-state index is 11.6. The zero-order chi connectivity index (χ0) is 15.1. The Bertz CT molecular complexity index is 219. The van der Waals surface area contributed by atoms with Crippen molar-refractivity contribution in [1.29, 1.82) is 0 Å². The Morgan fingerprint density at radius 2 is 1.60 bits per heavy atom. The fraction of sp³-hybridized carbons (Fsp3) is 0.941. The highest BCUT2D eigenvalue weighted by atomic mass is 16.5. The SMILES string of the molecule is CCCCCCCCCC(CC(=O)OCC)NCCC. The molecular formula is C17H35NO2. The van der Waals surface area contributed by atoms with Gasteiger partial charge in [-0.05, 0) is 26.3 Å². The molecule has 0 rings (SSSR count). The maximum absolute atomic E-state index is 11.6. The van der Waals surface area contributed by atoms with E-state index in [4.69, 9.17) is 4.74 Å². The third-order valence-corrected chi connectivity index (χ3v) is 3.56. The van der Waals surface area contributed by atoms with Crippen LogP contribution in [0.15, 0.2) is 0 Å². The second kappa shape index (κ2) is 14.8. The lowest BCUT2D eigenvalue weighted by molar-refractivity contribution is -0.143. The van der Waals surface area contributed by atoms with Crippen LogP contribution in [0.25, 0.3) is 0 Å². The van der Waals surface area contributed by atoms with Gasteiger partial charge in [0.2, 0.25) is 0 Å². The molecule has 120 valence electrons. The zero-order valence-electron chi connectivity index (χ0n) is 13.9. The summed E-state index contributed by atoms with van der Waals surface area (Å²) in [4.78, 5) is 11.6. The monoisotopic (exact) mass is 285 g/mol. The van der Waals surface area contributed by atoms with Crippen molar-refractivity contribution in [2.45, 2.75) is 91.0 Å². The molecule has 0 fully saturated rings. The van der Waals surface area contributed by atoms with Crippen LogP contribution in [0, 0.1) is 0 Å². The van der Waals surface area contributed by atoms with Gasteiger partial charge in [-0.1, -0.05) is 58.8 Å². The molecule has 0 saturated carbocycles. The zero-order valence-corrected chi connectivity index (χ0v) is 13.9. The largest absolute Gasteiger partial charge is 0.466 e. The molecule has 1 atom stereocenters. The summed E-state index contributed by atoms with van der Waals surface area (Å²) in [6, 6.07) is 0.296. The molecule has 0 aliphatic carbocycles. The quantitative estimate of drug-likeness (QED) is 0.378. The average Bonchev–Trinajstić information content (AvgIpc) is 2.43. The molecule has 0 aromatic heterocycles. The molecule has 0 heterocycles. The molecule has 0 saturated heterocycles. The van der Waals surface area contributed by atoms with Gasteiger partial charge in [0.1, 0.15) is 0 Å². The van der Waals surface area contributed by atoms with Gasteiger partial charge in [0.25, 0.3) is 0 Å². The van der Waals surface area contributed by atoms with Gasteiger partial charge in [-0.25, -0.2) is 0 Å². The van der Waals surface area contributed by atoms with Gasteiger partial charge in [0, 0.05) is 6.04 Å². The van der Waals surface area contributed by atoms with E-state index in [1.165, 1.54) is 44.9 Å². The van der Waals surface area contributed by atoms with Gasteiger partial charge in [-0.15, -0.1) is 0 Å². The summed E-state index contributed by atoms with van der Waals surface area (Å²) >= 11 is 0. The first-order valence-electron chi connectivity index (χ1n) is 8.63. The van der Waals surface area contributed by atoms with E-state index in [1.807, 2.05) is 6.92 Å². The van der Waals surface area contributed by atoms with E-state index < -0.39 is 0 Å². The molecule has 0 radical (unpaired) electrons. The molecule has 0 aliphatic rings. The first-order valence-corrected chi connectivity index (χ1v) is 8.63. The molecule has 0 aliphatic heterocycles. The van der Waals surface area contributed by atoms with Crippen LogP contribution in [0.2, 0.25) is 0 Å². The Morgan fingerprint density at radius 3 is 2.20 bits per heavy atom. The van der Waals surface area contributed by atoms with Gasteiger partial charge in [0.15, 0.2) is 0 Å². The molecule has 3 nitrogen and oxygen atoms in total. The van der Waals surface area contributed by atoms with Crippen molar-refractivity contribution in [2.24, 2.45) is 0 Å². The van der Waals surface area contributed by atoms with E-state index in [2.05, 4.69) is 19.2 Å². The van der Waals surface area contributed by atoms with Crippen LogP contribution in [0.3, 0.4) is 0 Å². The predicted molar refractivity (Wildman–Crippen MR) is 85.9 cm³/mol. The standard InChI is InChI=1S/C17H35NO2/c1-4-7-8-9-10-11-12-13-16(18-14-5-2)15-17(19)20-6-3/h16,18H,4-15H2,1-3H3. The fourth-order valence-electron chi connectivity index (χ4n) is 2.39. The average molecular weight is 285 g/mol. The van der Waals surface area contributed by atoms with Crippen LogP contribution in [-0.4, -0.2) is 25.2 Å². The fourth-order valence-corrected chi connectivity index (χ4v) is 2.39. The van der Waals surface area contributed by atoms with E-state index in [9.17, 15) is 4.79 Å². The normalized spacial score (nSPS) is 12.3. The van der Waals surface area contributed by atoms with Crippen LogP contribution in [0.4, 0.5) is 0 Å². The number of carbonyl (C=O) groups excluding carboxylic acids is 1. The number of rotatable bonds is 14. The molecule has 1 N–H and O–H groups in total. The van der Waals surface area contributed by atoms with Crippen LogP contribution >= 0.6 is 0 Å². The van der Waals surface area contributed by atoms with Gasteiger partial charge < -0.3 is 10.1 Å². The molecular weight excluding hydrogens is 250 g/mol. The third-order valence-electron chi connectivity index (χ3n) is 3.56. The molecule has 0 bridgehead atoms. The van der Waals surface area contributed by atoms with E-state index in [0.717, 1.165) is 19.4 Å². The predicted octanol–water partition coefficient (Wildman–Crippen LogP) is 4.45. The molecule has 0 spiro atoms. The second-order valence-electron chi connectivity index (χ2n) is 5.57. The molecule has 3 heteroatoms. The number of hydrogen-bond donors (Lipinski definition) is 1. The van der Waals surface area contributed by atoms with Crippen LogP contribution in [0.5, 0.6) is 0 Å². The Hall–Kier alpha value is -0.570. The Labute approximate surface area is 125 Å². The minimum Gasteiger partial charge on any atom is -0.466 e. The van der Waals surface area contributed by atoms with Gasteiger partial charge in [0.05, 0.1) is 13.0 Å². The smallest absolute Gasteiger partial charge is 0.307 e. The van der Waals surface area contributed by atoms with Crippen molar-refractivity contribution in [3.05, 3.63) is 0 Å². The molecule has 0 aromatic rings. The Balaban J connectivity index is 3.71. The number of ether oxygens (including phenoxy) is 1. The van der Waals surface area contributed by atoms with Crippen LogP contribution < -0.4 is 5.32 Å². The van der Waals surface area contributed by atoms with E-state index in [-0.39, 0.29) is 5.97 Å². The molecule has 20 heavy (non-hydrogen) atoms. The lowest BCUT2D eigenvalue weighted by Crippen LogP contribution is -2.32. The third kappa shape index (κ3) is 12.5. The molecule has 0 amide bonds. The van der Waals surface area contributed by atoms with E-state index in [1.54, 1.807) is 0 Å². The van der Waals surface area contributed by atoms with Crippen molar-refractivity contribution in [3.63, 3.8) is 0 Å². The topological polar surface area (TPSA) is 38.3 Å². The minimum atomic E-state index is -0.0657. The number of unbranched alkanes of at least 4 members (excludes halogenated alkanes) is 6. The number of esters is 1. The summed E-state index contributed by atoms with van der Waals surface area (Å²) in [5.41, 5.74) is 0. The Morgan fingerprint density at radius 1 is 0.950 bits per heavy atom. The number of hydrogen-bond acceptors (Lipinski definition) is 3.